The van der Waals surface area contributed by atoms with Gasteiger partial charge in [-0.25, -0.2) is 0 Å². The molecular formula is C6H14CoN5-2. The first-order chi connectivity index (χ1) is 3.39. The van der Waals surface area contributed by atoms with Crippen LogP contribution in [-0.2, 0) is 16.8 Å². The molecule has 0 aliphatic heterocycles. The molecule has 0 aliphatic rings. The number of nitrogens with one attached hydrogen (secondary N) is 1. The second-order valence-electron chi connectivity index (χ2n) is 1.37. The second-order valence-corrected chi connectivity index (χ2v) is 1.37. The SMILES string of the molecule is [Co+3].[NH-]c1ccccc1.[NH2-].[NH2-].[NH2-].[NH2-]. The third kappa shape index (κ3) is 12.1. The molecule has 0 aliphatic carbocycles. The molecular weight excluding hydrogens is 201 g/mol. The zero-order valence-corrected chi connectivity index (χ0v) is 7.57. The van der Waals surface area contributed by atoms with E-state index in [2.05, 4.69) is 0 Å². The van der Waals surface area contributed by atoms with E-state index in [0.29, 0.717) is 5.69 Å². The summed E-state index contributed by atoms with van der Waals surface area (Å²) in [6, 6.07) is 9.10. The van der Waals surface area contributed by atoms with Gasteiger partial charge in [-0.15, -0.1) is 5.69 Å². The maximum atomic E-state index is 7.00. The minimum Gasteiger partial charge on any atom is -0.699 e. The van der Waals surface area contributed by atoms with Gasteiger partial charge in [0.2, 0.25) is 0 Å². The third-order valence-electron chi connectivity index (χ3n) is 0.774. The molecule has 0 heterocycles. The molecule has 0 saturated carbocycles. The summed E-state index contributed by atoms with van der Waals surface area (Å²) < 4.78 is 0. The fourth-order valence-electron chi connectivity index (χ4n) is 0.438. The largest absolute Gasteiger partial charge is 3.00 e. The molecule has 74 valence electrons. The van der Waals surface area contributed by atoms with E-state index < -0.39 is 0 Å². The Balaban J connectivity index is -0.0000000327. The van der Waals surface area contributed by atoms with Crippen LogP contribution in [0.3, 0.4) is 0 Å². The smallest absolute Gasteiger partial charge is 0.699 e. The van der Waals surface area contributed by atoms with Gasteiger partial charge in [-0.1, -0.05) is 30.3 Å². The van der Waals surface area contributed by atoms with Crippen molar-refractivity contribution in [1.82, 2.24) is 0 Å². The van der Waals surface area contributed by atoms with Crippen molar-refractivity contribution < 1.29 is 16.8 Å². The van der Waals surface area contributed by atoms with Crippen LogP contribution >= 0.6 is 0 Å². The van der Waals surface area contributed by atoms with Crippen molar-refractivity contribution in [3.05, 3.63) is 60.7 Å². The Labute approximate surface area is 83.6 Å². The first-order valence-corrected chi connectivity index (χ1v) is 2.16. The molecule has 1 rings (SSSR count). The van der Waals surface area contributed by atoms with Crippen molar-refractivity contribution in [3.8, 4) is 0 Å². The summed E-state index contributed by atoms with van der Waals surface area (Å²) in [4.78, 5) is 0. The van der Waals surface area contributed by atoms with Crippen LogP contribution in [0.5, 0.6) is 0 Å². The number of rotatable bonds is 0. The van der Waals surface area contributed by atoms with Gasteiger partial charge in [-0.2, -0.15) is 0 Å². The first kappa shape index (κ1) is 30.1. The summed E-state index contributed by atoms with van der Waals surface area (Å²) in [5.74, 6) is 0. The molecule has 12 heavy (non-hydrogen) atoms. The minimum atomic E-state index is 0. The van der Waals surface area contributed by atoms with E-state index >= 15 is 0 Å². The Kier molecular flexibility index (Phi) is 42.1. The molecule has 0 fully saturated rings. The van der Waals surface area contributed by atoms with Crippen LogP contribution in [0.15, 0.2) is 30.3 Å². The maximum Gasteiger partial charge on any atom is 3.00 e. The molecule has 0 atom stereocenters. The van der Waals surface area contributed by atoms with Gasteiger partial charge in [0.25, 0.3) is 0 Å². The molecule has 0 spiro atoms. The van der Waals surface area contributed by atoms with Gasteiger partial charge in [0.15, 0.2) is 0 Å². The van der Waals surface area contributed by atoms with Crippen LogP contribution in [0.2, 0.25) is 0 Å². The van der Waals surface area contributed by atoms with Crippen LogP contribution in [0.1, 0.15) is 0 Å². The fraction of sp³-hybridized carbons (Fsp3) is 0. The summed E-state index contributed by atoms with van der Waals surface area (Å²) in [5, 5.41) is 0. The van der Waals surface area contributed by atoms with Gasteiger partial charge in [0.1, 0.15) is 0 Å². The average Bonchev–Trinajstić information content (AvgIpc) is 1.69. The third-order valence-corrected chi connectivity index (χ3v) is 0.774. The molecule has 1 aromatic rings. The van der Waals surface area contributed by atoms with Gasteiger partial charge >= 0.3 is 16.8 Å². The summed E-state index contributed by atoms with van der Waals surface area (Å²) in [5.41, 5.74) is 7.57. The second kappa shape index (κ2) is 16.8. The van der Waals surface area contributed by atoms with Gasteiger partial charge in [-0.3, -0.25) is 0 Å². The van der Waals surface area contributed by atoms with Gasteiger partial charge in [-0.05, 0) is 0 Å². The van der Waals surface area contributed by atoms with E-state index in [9.17, 15) is 0 Å². The van der Waals surface area contributed by atoms with E-state index in [1.165, 1.54) is 0 Å². The average molecular weight is 215 g/mol. The quantitative estimate of drug-likeness (QED) is 0.554. The predicted molar refractivity (Wildman–Crippen MR) is 51.6 cm³/mol. The molecule has 0 aromatic heterocycles. The van der Waals surface area contributed by atoms with Crippen LogP contribution in [0.25, 0.3) is 30.3 Å². The number of benzene rings is 1. The van der Waals surface area contributed by atoms with Crippen LogP contribution < -0.4 is 0 Å². The van der Waals surface area contributed by atoms with Gasteiger partial charge in [0, 0.05) is 0 Å². The summed E-state index contributed by atoms with van der Waals surface area (Å²) in [6.45, 7) is 0. The molecule has 0 amide bonds. The molecule has 1 aromatic carbocycles. The van der Waals surface area contributed by atoms with E-state index in [1.807, 2.05) is 18.2 Å². The zero-order valence-electron chi connectivity index (χ0n) is 6.53. The minimum absolute atomic E-state index is 0. The van der Waals surface area contributed by atoms with Gasteiger partial charge < -0.3 is 30.3 Å². The maximum absolute atomic E-state index is 7.00. The van der Waals surface area contributed by atoms with Crippen molar-refractivity contribution in [2.75, 3.05) is 0 Å². The Hall–Kier alpha value is -0.634. The summed E-state index contributed by atoms with van der Waals surface area (Å²) in [6.07, 6.45) is 0. The number of hydrogen-bond donors (Lipinski definition) is 0. The molecule has 0 unspecified atom stereocenters. The molecule has 0 radical (unpaired) electrons. The van der Waals surface area contributed by atoms with Crippen molar-refractivity contribution in [1.29, 1.82) is 0 Å². The fourth-order valence-corrected chi connectivity index (χ4v) is 0.438. The Morgan fingerprint density at radius 2 is 1.08 bits per heavy atom. The number of nitrogens with two attached hydrogens (primary N) is 4. The standard InChI is InChI=1S/C6H6N.Co.4H2N/c7-6-4-2-1-3-5-6;;;;;/h1-5,7H;;4*1H2/q-1;+3;4*-1. The Morgan fingerprint density at radius 1 is 0.750 bits per heavy atom. The molecule has 9 N–H and O–H groups in total. The van der Waals surface area contributed by atoms with Crippen molar-refractivity contribution in [2.45, 2.75) is 0 Å². The van der Waals surface area contributed by atoms with Gasteiger partial charge in [0.05, 0.1) is 0 Å². The summed E-state index contributed by atoms with van der Waals surface area (Å²) in [7, 11) is 0. The Morgan fingerprint density at radius 3 is 1.25 bits per heavy atom. The first-order valence-electron chi connectivity index (χ1n) is 2.16. The predicted octanol–water partition coefficient (Wildman–Crippen LogP) is 5.24. The van der Waals surface area contributed by atoms with Crippen molar-refractivity contribution >= 4 is 5.69 Å². The molecule has 5 nitrogen and oxygen atoms in total. The zero-order chi connectivity index (χ0) is 5.11. The van der Waals surface area contributed by atoms with E-state index in [0.717, 1.165) is 0 Å². The summed E-state index contributed by atoms with van der Waals surface area (Å²) >= 11 is 0. The Bertz CT molecular complexity index is 146. The van der Waals surface area contributed by atoms with Crippen LogP contribution in [-0.4, -0.2) is 0 Å². The molecule has 0 saturated heterocycles. The van der Waals surface area contributed by atoms with E-state index in [1.54, 1.807) is 12.1 Å². The monoisotopic (exact) mass is 215 g/mol. The van der Waals surface area contributed by atoms with Crippen LogP contribution in [0.4, 0.5) is 5.69 Å². The van der Waals surface area contributed by atoms with Crippen molar-refractivity contribution in [2.24, 2.45) is 0 Å². The van der Waals surface area contributed by atoms with Crippen molar-refractivity contribution in [3.63, 3.8) is 0 Å². The van der Waals surface area contributed by atoms with Crippen LogP contribution in [0, 0.1) is 0 Å². The topological polar surface area (TPSA) is 158 Å². The normalized spacial score (nSPS) is 5.00. The number of hydrogen-bond acceptors (Lipinski definition) is 0. The molecule has 0 bridgehead atoms. The van der Waals surface area contributed by atoms with E-state index in [4.69, 9.17) is 5.73 Å². The van der Waals surface area contributed by atoms with E-state index in [-0.39, 0.29) is 41.4 Å². The molecule has 6 heteroatoms.